The van der Waals surface area contributed by atoms with E-state index in [2.05, 4.69) is 0 Å². The Morgan fingerprint density at radius 2 is 1.88 bits per heavy atom. The maximum atomic E-state index is 14.1. The van der Waals surface area contributed by atoms with Gasteiger partial charge in [0.05, 0.1) is 6.10 Å². The highest BCUT2D eigenvalue weighted by atomic mass is 35.5. The van der Waals surface area contributed by atoms with Gasteiger partial charge in [-0.1, -0.05) is 17.7 Å². The second kappa shape index (κ2) is 8.11. The summed E-state index contributed by atoms with van der Waals surface area (Å²) in [5, 5.41) is 0.531. The number of hydrogen-bond donors (Lipinski definition) is 1. The number of nitrogens with two attached hydrogens (primary N) is 1. The van der Waals surface area contributed by atoms with Crippen LogP contribution in [0.2, 0.25) is 5.02 Å². The maximum absolute atomic E-state index is 14.1. The Morgan fingerprint density at radius 1 is 1.12 bits per heavy atom. The molecule has 1 aliphatic heterocycles. The van der Waals surface area contributed by atoms with Gasteiger partial charge in [-0.15, -0.1) is 0 Å². The van der Waals surface area contributed by atoms with Gasteiger partial charge in [0.15, 0.2) is 0 Å². The van der Waals surface area contributed by atoms with E-state index in [1.165, 1.54) is 12.1 Å². The average molecular weight is 358 g/mol. The number of rotatable bonds is 4. The van der Waals surface area contributed by atoms with Crippen LogP contribution in [0.25, 0.3) is 0 Å². The second-order valence-corrected chi connectivity index (χ2v) is 7.67. The largest absolute Gasteiger partial charge is 0.375 e. The lowest BCUT2D eigenvalue weighted by atomic mass is 9.76. The molecule has 3 rings (SSSR count). The molecule has 0 aromatic heterocycles. The minimum absolute atomic E-state index is 0.288. The van der Waals surface area contributed by atoms with Crippen molar-refractivity contribution < 1.29 is 13.5 Å². The second-order valence-electron chi connectivity index (χ2n) is 7.27. The third-order valence-electron chi connectivity index (χ3n) is 5.66. The first kappa shape index (κ1) is 18.1. The highest BCUT2D eigenvalue weighted by Crippen LogP contribution is 2.40. The Balaban J connectivity index is 1.47. The zero-order valence-electron chi connectivity index (χ0n) is 13.9. The lowest BCUT2D eigenvalue weighted by Gasteiger charge is -2.33. The fourth-order valence-corrected chi connectivity index (χ4v) is 4.44. The predicted molar refractivity (Wildman–Crippen MR) is 92.6 cm³/mol. The molecule has 0 spiro atoms. The fraction of sp³-hybridized carbons (Fsp3) is 0.684. The first-order valence-corrected chi connectivity index (χ1v) is 9.38. The lowest BCUT2D eigenvalue weighted by Crippen LogP contribution is -2.46. The number of benzene rings is 1. The van der Waals surface area contributed by atoms with Gasteiger partial charge in [0.1, 0.15) is 12.0 Å². The Kier molecular flexibility index (Phi) is 6.12. The molecule has 1 heterocycles. The van der Waals surface area contributed by atoms with Crippen molar-refractivity contribution in [3.8, 4) is 0 Å². The smallest absolute Gasteiger partial charge is 0.141 e. The molecule has 1 aromatic carbocycles. The third kappa shape index (κ3) is 4.27. The minimum Gasteiger partial charge on any atom is -0.375 e. The van der Waals surface area contributed by atoms with Crippen molar-refractivity contribution in [3.63, 3.8) is 0 Å². The number of hydrogen-bond acceptors (Lipinski definition) is 2. The number of alkyl halides is 1. The van der Waals surface area contributed by atoms with Crippen molar-refractivity contribution in [2.75, 3.05) is 6.61 Å². The Bertz CT molecular complexity index is 548. The molecule has 0 radical (unpaired) electrons. The molecule has 1 saturated carbocycles. The van der Waals surface area contributed by atoms with Gasteiger partial charge in [-0.3, -0.25) is 0 Å². The number of halogens is 3. The Morgan fingerprint density at radius 3 is 2.58 bits per heavy atom. The van der Waals surface area contributed by atoms with Gasteiger partial charge in [0, 0.05) is 17.7 Å². The van der Waals surface area contributed by atoms with E-state index >= 15 is 0 Å². The molecule has 3 unspecified atom stereocenters. The molecule has 2 aliphatic rings. The van der Waals surface area contributed by atoms with E-state index in [1.54, 1.807) is 0 Å². The van der Waals surface area contributed by atoms with Gasteiger partial charge >= 0.3 is 0 Å². The third-order valence-corrected chi connectivity index (χ3v) is 5.98. The minimum atomic E-state index is -1.03. The van der Waals surface area contributed by atoms with E-state index < -0.39 is 6.17 Å². The molecule has 1 aliphatic carbocycles. The molecule has 2 nitrogen and oxygen atoms in total. The molecule has 24 heavy (non-hydrogen) atoms. The molecular weight excluding hydrogens is 332 g/mol. The summed E-state index contributed by atoms with van der Waals surface area (Å²) in [4.78, 5) is 0. The van der Waals surface area contributed by atoms with Gasteiger partial charge in [-0.25, -0.2) is 8.78 Å². The van der Waals surface area contributed by atoms with Crippen molar-refractivity contribution in [2.24, 2.45) is 11.7 Å². The van der Waals surface area contributed by atoms with Gasteiger partial charge in [-0.2, -0.15) is 0 Å². The summed E-state index contributed by atoms with van der Waals surface area (Å²) >= 11 is 6.18. The first-order chi connectivity index (χ1) is 11.5. The Labute approximate surface area is 147 Å². The molecule has 2 fully saturated rings. The number of ether oxygens (including phenoxy) is 1. The van der Waals surface area contributed by atoms with Crippen LogP contribution in [0.5, 0.6) is 0 Å². The molecule has 5 heteroatoms. The average Bonchev–Trinajstić information content (AvgIpc) is 2.57. The molecule has 3 atom stereocenters. The standard InChI is InChI=1S/C19H26ClF2NO/c20-16-11-14(21)6-7-15(16)13-4-1-12(2-5-13)3-8-18-19(22)17(23)9-10-24-18/h6-7,11-13,17-19H,1-5,8-10,23H2. The topological polar surface area (TPSA) is 35.2 Å². The molecule has 1 aromatic rings. The predicted octanol–water partition coefficient (Wildman–Crippen LogP) is 4.99. The van der Waals surface area contributed by atoms with Crippen LogP contribution < -0.4 is 5.73 Å². The van der Waals surface area contributed by atoms with Crippen LogP contribution in [-0.4, -0.2) is 24.9 Å². The van der Waals surface area contributed by atoms with E-state index in [0.717, 1.165) is 44.1 Å². The summed E-state index contributed by atoms with van der Waals surface area (Å²) in [5.41, 5.74) is 6.85. The summed E-state index contributed by atoms with van der Waals surface area (Å²) in [6, 6.07) is 4.32. The van der Waals surface area contributed by atoms with Crippen LogP contribution >= 0.6 is 11.6 Å². The highest BCUT2D eigenvalue weighted by Gasteiger charge is 2.33. The van der Waals surface area contributed by atoms with Crippen LogP contribution in [0.3, 0.4) is 0 Å². The lowest BCUT2D eigenvalue weighted by molar-refractivity contribution is -0.0562. The maximum Gasteiger partial charge on any atom is 0.141 e. The molecule has 0 bridgehead atoms. The molecular formula is C19H26ClF2NO. The zero-order chi connectivity index (χ0) is 17.1. The molecule has 1 saturated heterocycles. The van der Waals surface area contributed by atoms with Gasteiger partial charge in [0.25, 0.3) is 0 Å². The van der Waals surface area contributed by atoms with E-state index in [4.69, 9.17) is 22.1 Å². The van der Waals surface area contributed by atoms with Gasteiger partial charge < -0.3 is 10.5 Å². The Hall–Kier alpha value is -0.710. The van der Waals surface area contributed by atoms with Crippen LogP contribution in [0.4, 0.5) is 8.78 Å². The van der Waals surface area contributed by atoms with Crippen molar-refractivity contribution in [1.29, 1.82) is 0 Å². The SMILES string of the molecule is NC1CCOC(CCC2CCC(c3ccc(F)cc3Cl)CC2)C1F. The monoisotopic (exact) mass is 357 g/mol. The summed E-state index contributed by atoms with van der Waals surface area (Å²) in [6.45, 7) is 0.571. The van der Waals surface area contributed by atoms with Crippen molar-refractivity contribution >= 4 is 11.6 Å². The van der Waals surface area contributed by atoms with Crippen LogP contribution in [0.15, 0.2) is 18.2 Å². The molecule has 2 N–H and O–H groups in total. The summed E-state index contributed by atoms with van der Waals surface area (Å²) in [5.74, 6) is 0.723. The van der Waals surface area contributed by atoms with E-state index in [1.807, 2.05) is 6.07 Å². The zero-order valence-corrected chi connectivity index (χ0v) is 14.7. The van der Waals surface area contributed by atoms with Crippen molar-refractivity contribution in [3.05, 3.63) is 34.6 Å². The van der Waals surface area contributed by atoms with Crippen molar-refractivity contribution in [1.82, 2.24) is 0 Å². The first-order valence-electron chi connectivity index (χ1n) is 9.01. The molecule has 0 amide bonds. The van der Waals surface area contributed by atoms with E-state index in [9.17, 15) is 8.78 Å². The molecule has 134 valence electrons. The van der Waals surface area contributed by atoms with Crippen LogP contribution in [0.1, 0.15) is 56.4 Å². The van der Waals surface area contributed by atoms with E-state index in [-0.39, 0.29) is 18.0 Å². The van der Waals surface area contributed by atoms with Crippen molar-refractivity contribution in [2.45, 2.75) is 69.2 Å². The summed E-state index contributed by atoms with van der Waals surface area (Å²) < 4.78 is 32.8. The van der Waals surface area contributed by atoms with Crippen LogP contribution in [-0.2, 0) is 4.74 Å². The van der Waals surface area contributed by atoms with Gasteiger partial charge in [-0.05, 0) is 74.5 Å². The van der Waals surface area contributed by atoms with E-state index in [0.29, 0.717) is 29.9 Å². The normalized spacial score (nSPS) is 34.2. The quantitative estimate of drug-likeness (QED) is 0.824. The van der Waals surface area contributed by atoms with Crippen LogP contribution in [0, 0.1) is 11.7 Å². The fourth-order valence-electron chi connectivity index (χ4n) is 4.12. The highest BCUT2D eigenvalue weighted by molar-refractivity contribution is 6.31. The van der Waals surface area contributed by atoms with Gasteiger partial charge in [0.2, 0.25) is 0 Å². The summed E-state index contributed by atoms with van der Waals surface area (Å²) in [7, 11) is 0. The summed E-state index contributed by atoms with van der Waals surface area (Å²) in [6.07, 6.45) is 5.30.